The van der Waals surface area contributed by atoms with Crippen molar-refractivity contribution in [3.63, 3.8) is 0 Å². The Morgan fingerprint density at radius 1 is 0.800 bits per heavy atom. The molecule has 2 N–H and O–H groups in total. The summed E-state index contributed by atoms with van der Waals surface area (Å²) < 4.78 is 0. The molecule has 0 atom stereocenters. The maximum atomic E-state index is 5.06. The quantitative estimate of drug-likeness (QED) is 0.755. The maximum absolute atomic E-state index is 5.06. The molecule has 0 unspecified atom stereocenters. The Bertz CT molecular complexity index is 431. The minimum Gasteiger partial charge on any atom is -0.412 e. The van der Waals surface area contributed by atoms with Gasteiger partial charge in [-0.05, 0) is 30.2 Å². The van der Waals surface area contributed by atoms with Crippen LogP contribution in [-0.2, 0) is 0 Å². The van der Waals surface area contributed by atoms with Crippen LogP contribution in [0.5, 0.6) is 5.75 Å². The van der Waals surface area contributed by atoms with Crippen LogP contribution in [0.2, 0.25) is 0 Å². The van der Waals surface area contributed by atoms with E-state index in [1.165, 1.54) is 11.1 Å². The van der Waals surface area contributed by atoms with E-state index in [1.807, 2.05) is 24.3 Å². The highest BCUT2D eigenvalue weighted by atomic mass is 16.6. The zero-order valence-electron chi connectivity index (χ0n) is 8.60. The van der Waals surface area contributed by atoms with Crippen molar-refractivity contribution in [2.24, 2.45) is 5.90 Å². The van der Waals surface area contributed by atoms with Gasteiger partial charge in [-0.3, -0.25) is 0 Å². The number of aryl methyl sites for hydroxylation is 1. The van der Waals surface area contributed by atoms with Crippen LogP contribution in [0.3, 0.4) is 0 Å². The number of nitrogens with two attached hydrogens (primary N) is 1. The number of rotatable bonds is 2. The van der Waals surface area contributed by atoms with Crippen molar-refractivity contribution in [2.45, 2.75) is 6.92 Å². The third kappa shape index (κ3) is 2.17. The summed E-state index contributed by atoms with van der Waals surface area (Å²) in [5.74, 6) is 5.73. The standard InChI is InChI=1S/C13H13NO/c1-10-2-4-11(5-3-10)12-6-8-13(15-14)9-7-12/h2-9H,14H2,1H3. The molecule has 0 saturated heterocycles. The molecule has 0 aliphatic carbocycles. The van der Waals surface area contributed by atoms with Crippen molar-refractivity contribution in [3.8, 4) is 16.9 Å². The molecule has 2 aromatic carbocycles. The Morgan fingerprint density at radius 3 is 1.73 bits per heavy atom. The van der Waals surface area contributed by atoms with Crippen molar-refractivity contribution < 1.29 is 4.84 Å². The van der Waals surface area contributed by atoms with Gasteiger partial charge in [-0.25, -0.2) is 0 Å². The molecule has 0 spiro atoms. The second-order valence-electron chi connectivity index (χ2n) is 3.51. The monoisotopic (exact) mass is 199 g/mol. The summed E-state index contributed by atoms with van der Waals surface area (Å²) in [6, 6.07) is 16.1. The Labute approximate surface area is 89.3 Å². The molecule has 0 aromatic heterocycles. The van der Waals surface area contributed by atoms with E-state index in [-0.39, 0.29) is 0 Å². The zero-order chi connectivity index (χ0) is 10.7. The SMILES string of the molecule is Cc1ccc(-c2ccc(ON)cc2)cc1. The van der Waals surface area contributed by atoms with Crippen molar-refractivity contribution in [3.05, 3.63) is 54.1 Å². The molecule has 0 amide bonds. The molecule has 2 aromatic rings. The molecule has 2 nitrogen and oxygen atoms in total. The molecule has 0 fully saturated rings. The van der Waals surface area contributed by atoms with E-state index in [0.29, 0.717) is 5.75 Å². The van der Waals surface area contributed by atoms with E-state index < -0.39 is 0 Å². The first-order valence-electron chi connectivity index (χ1n) is 4.83. The number of benzene rings is 2. The van der Waals surface area contributed by atoms with Gasteiger partial charge in [-0.1, -0.05) is 42.0 Å². The molecule has 0 radical (unpaired) electrons. The third-order valence-electron chi connectivity index (χ3n) is 2.38. The molecule has 2 heteroatoms. The van der Waals surface area contributed by atoms with Crippen LogP contribution in [0.1, 0.15) is 5.56 Å². The minimum atomic E-state index is 0.672. The molecule has 15 heavy (non-hydrogen) atoms. The highest BCUT2D eigenvalue weighted by Crippen LogP contribution is 2.22. The van der Waals surface area contributed by atoms with E-state index in [1.54, 1.807) is 0 Å². The predicted molar refractivity (Wildman–Crippen MR) is 61.4 cm³/mol. The van der Waals surface area contributed by atoms with Crippen molar-refractivity contribution in [1.82, 2.24) is 0 Å². The van der Waals surface area contributed by atoms with Gasteiger partial charge < -0.3 is 4.84 Å². The van der Waals surface area contributed by atoms with Gasteiger partial charge in [0.05, 0.1) is 0 Å². The van der Waals surface area contributed by atoms with Crippen molar-refractivity contribution >= 4 is 0 Å². The summed E-state index contributed by atoms with van der Waals surface area (Å²) in [4.78, 5) is 4.62. The van der Waals surface area contributed by atoms with Crippen LogP contribution in [0.25, 0.3) is 11.1 Å². The largest absolute Gasteiger partial charge is 0.412 e. The summed E-state index contributed by atoms with van der Waals surface area (Å²) in [5, 5.41) is 0. The summed E-state index contributed by atoms with van der Waals surface area (Å²) in [6.45, 7) is 2.08. The van der Waals surface area contributed by atoms with E-state index >= 15 is 0 Å². The van der Waals surface area contributed by atoms with Gasteiger partial charge in [0.25, 0.3) is 0 Å². The molecule has 2 rings (SSSR count). The van der Waals surface area contributed by atoms with Crippen molar-refractivity contribution in [2.75, 3.05) is 0 Å². The second-order valence-corrected chi connectivity index (χ2v) is 3.51. The fourth-order valence-corrected chi connectivity index (χ4v) is 1.47. The number of hydrogen-bond acceptors (Lipinski definition) is 2. The smallest absolute Gasteiger partial charge is 0.146 e. The summed E-state index contributed by atoms with van der Waals surface area (Å²) in [5.41, 5.74) is 3.63. The topological polar surface area (TPSA) is 35.2 Å². The molecular weight excluding hydrogens is 186 g/mol. The van der Waals surface area contributed by atoms with E-state index in [2.05, 4.69) is 36.0 Å². The zero-order valence-corrected chi connectivity index (χ0v) is 8.60. The first-order valence-corrected chi connectivity index (χ1v) is 4.83. The fraction of sp³-hybridized carbons (Fsp3) is 0.0769. The second kappa shape index (κ2) is 4.15. The van der Waals surface area contributed by atoms with Crippen LogP contribution >= 0.6 is 0 Å². The van der Waals surface area contributed by atoms with E-state index in [4.69, 9.17) is 5.90 Å². The lowest BCUT2D eigenvalue weighted by Gasteiger charge is -2.03. The van der Waals surface area contributed by atoms with Gasteiger partial charge in [-0.15, -0.1) is 0 Å². The van der Waals surface area contributed by atoms with E-state index in [0.717, 1.165) is 5.56 Å². The lowest BCUT2D eigenvalue weighted by molar-refractivity contribution is 0.334. The Balaban J connectivity index is 2.33. The Kier molecular flexibility index (Phi) is 2.70. The van der Waals surface area contributed by atoms with Gasteiger partial charge in [0.15, 0.2) is 0 Å². The van der Waals surface area contributed by atoms with Gasteiger partial charge in [0.2, 0.25) is 0 Å². The molecule has 0 aliphatic heterocycles. The van der Waals surface area contributed by atoms with Gasteiger partial charge >= 0.3 is 0 Å². The normalized spacial score (nSPS) is 10.0. The van der Waals surface area contributed by atoms with E-state index in [9.17, 15) is 0 Å². The summed E-state index contributed by atoms with van der Waals surface area (Å²) in [6.07, 6.45) is 0. The average molecular weight is 199 g/mol. The molecule has 76 valence electrons. The predicted octanol–water partition coefficient (Wildman–Crippen LogP) is 2.91. The molecule has 0 heterocycles. The van der Waals surface area contributed by atoms with Crippen LogP contribution in [-0.4, -0.2) is 0 Å². The van der Waals surface area contributed by atoms with Crippen LogP contribution in [0.15, 0.2) is 48.5 Å². The minimum absolute atomic E-state index is 0.672. The first kappa shape index (κ1) is 9.74. The fourth-order valence-electron chi connectivity index (χ4n) is 1.47. The highest BCUT2D eigenvalue weighted by molar-refractivity contribution is 5.64. The summed E-state index contributed by atoms with van der Waals surface area (Å²) in [7, 11) is 0. The van der Waals surface area contributed by atoms with Crippen LogP contribution in [0, 0.1) is 6.92 Å². The third-order valence-corrected chi connectivity index (χ3v) is 2.38. The lowest BCUT2D eigenvalue weighted by atomic mass is 10.0. The maximum Gasteiger partial charge on any atom is 0.146 e. The first-order chi connectivity index (χ1) is 7.29. The Morgan fingerprint density at radius 2 is 1.27 bits per heavy atom. The van der Waals surface area contributed by atoms with Crippen molar-refractivity contribution in [1.29, 1.82) is 0 Å². The molecule has 0 aliphatic rings. The van der Waals surface area contributed by atoms with Gasteiger partial charge in [0, 0.05) is 0 Å². The Hall–Kier alpha value is -1.80. The number of hydrogen-bond donors (Lipinski definition) is 1. The van der Waals surface area contributed by atoms with Crippen LogP contribution < -0.4 is 10.7 Å². The highest BCUT2D eigenvalue weighted by Gasteiger charge is 1.97. The van der Waals surface area contributed by atoms with Crippen LogP contribution in [0.4, 0.5) is 0 Å². The average Bonchev–Trinajstić information content (AvgIpc) is 2.30. The molecule has 0 bridgehead atoms. The van der Waals surface area contributed by atoms with Gasteiger partial charge in [0.1, 0.15) is 5.75 Å². The molecular formula is C13H13NO. The summed E-state index contributed by atoms with van der Waals surface area (Å²) >= 11 is 0. The lowest BCUT2D eigenvalue weighted by Crippen LogP contribution is -2.00. The molecule has 0 saturated carbocycles. The van der Waals surface area contributed by atoms with Gasteiger partial charge in [-0.2, -0.15) is 5.90 Å².